The number of benzene rings is 1. The van der Waals surface area contributed by atoms with E-state index in [-0.39, 0.29) is 5.41 Å². The Hall–Kier alpha value is -0.490. The number of halogens is 2. The molecule has 0 fully saturated rings. The molecule has 1 atom stereocenters. The van der Waals surface area contributed by atoms with E-state index in [1.54, 1.807) is 0 Å². The highest BCUT2D eigenvalue weighted by Crippen LogP contribution is 2.59. The molecule has 2 rings (SSSR count). The molecule has 1 aliphatic carbocycles. The highest BCUT2D eigenvalue weighted by molar-refractivity contribution is 8.06. The molecular formula is C17H22Cl2NP. The summed E-state index contributed by atoms with van der Waals surface area (Å²) in [7, 11) is 2.09. The molecule has 1 aromatic rings. The predicted octanol–water partition coefficient (Wildman–Crippen LogP) is 6.75. The third-order valence-electron chi connectivity index (χ3n) is 4.04. The van der Waals surface area contributed by atoms with Gasteiger partial charge >= 0.3 is 0 Å². The topological polar surface area (TPSA) is 3.24 Å². The summed E-state index contributed by atoms with van der Waals surface area (Å²) in [6.45, 7) is 5.69. The van der Waals surface area contributed by atoms with Gasteiger partial charge in [0, 0.05) is 23.7 Å². The lowest BCUT2D eigenvalue weighted by atomic mass is 9.76. The molecule has 0 heterocycles. The van der Waals surface area contributed by atoms with E-state index in [4.69, 9.17) is 22.5 Å². The van der Waals surface area contributed by atoms with E-state index in [2.05, 4.69) is 69.1 Å². The maximum Gasteiger partial charge on any atom is 0.118 e. The van der Waals surface area contributed by atoms with Crippen LogP contribution >= 0.6 is 29.1 Å². The van der Waals surface area contributed by atoms with Crippen LogP contribution in [0, 0.1) is 11.3 Å². The van der Waals surface area contributed by atoms with Gasteiger partial charge in [0.1, 0.15) is 6.63 Å². The number of allylic oxidation sites excluding steroid dienone is 4. The van der Waals surface area contributed by atoms with Crippen LogP contribution in [0.25, 0.3) is 0 Å². The molecule has 0 saturated carbocycles. The molecule has 1 unspecified atom stereocenters. The third-order valence-corrected chi connectivity index (χ3v) is 5.90. The van der Waals surface area contributed by atoms with Gasteiger partial charge in [-0.15, -0.1) is 0 Å². The summed E-state index contributed by atoms with van der Waals surface area (Å²) in [5, 5.41) is 1.07. The van der Waals surface area contributed by atoms with Crippen LogP contribution in [-0.2, 0) is 0 Å². The van der Waals surface area contributed by atoms with Crippen molar-refractivity contribution in [3.63, 3.8) is 0 Å². The lowest BCUT2D eigenvalue weighted by Gasteiger charge is -2.36. The minimum absolute atomic E-state index is 0.228. The van der Waals surface area contributed by atoms with Gasteiger partial charge in [0.15, 0.2) is 0 Å². The van der Waals surface area contributed by atoms with Crippen molar-refractivity contribution in [2.45, 2.75) is 27.2 Å². The van der Waals surface area contributed by atoms with E-state index in [1.807, 2.05) is 6.07 Å². The van der Waals surface area contributed by atoms with Crippen molar-refractivity contribution in [3.8, 4) is 0 Å². The zero-order valence-corrected chi connectivity index (χ0v) is 15.4. The SMILES string of the molecule is CN(C1=C(P(Cl)Cl)C=CC(C(C)(C)C)C1)c1ccccc1. The van der Waals surface area contributed by atoms with Crippen LogP contribution in [0.4, 0.5) is 5.69 Å². The maximum atomic E-state index is 6.24. The van der Waals surface area contributed by atoms with Gasteiger partial charge < -0.3 is 4.90 Å². The van der Waals surface area contributed by atoms with Gasteiger partial charge in [0.05, 0.1) is 0 Å². The molecule has 0 spiro atoms. The lowest BCUT2D eigenvalue weighted by Crippen LogP contribution is -2.27. The van der Waals surface area contributed by atoms with Crippen LogP contribution in [0.5, 0.6) is 0 Å². The van der Waals surface area contributed by atoms with Gasteiger partial charge in [-0.2, -0.15) is 0 Å². The van der Waals surface area contributed by atoms with E-state index < -0.39 is 6.63 Å². The molecule has 0 saturated heterocycles. The quantitative estimate of drug-likeness (QED) is 0.549. The molecule has 1 aliphatic rings. The summed E-state index contributed by atoms with van der Waals surface area (Å²) in [6, 6.07) is 10.4. The van der Waals surface area contributed by atoms with E-state index >= 15 is 0 Å². The second-order valence-corrected chi connectivity index (χ2v) is 9.99. The lowest BCUT2D eigenvalue weighted by molar-refractivity contribution is 0.288. The molecule has 0 bridgehead atoms. The number of hydrogen-bond donors (Lipinski definition) is 0. The van der Waals surface area contributed by atoms with Gasteiger partial charge in [-0.1, -0.05) is 73.6 Å². The van der Waals surface area contributed by atoms with Crippen molar-refractivity contribution in [2.75, 3.05) is 11.9 Å². The summed E-state index contributed by atoms with van der Waals surface area (Å²) in [6.07, 6.45) is 5.36. The molecule has 21 heavy (non-hydrogen) atoms. The standard InChI is InChI=1S/C17H22Cl2NP/c1-17(2,3)13-10-11-16(21(18)19)15(12-13)20(4)14-8-6-5-7-9-14/h5-11,13H,12H2,1-4H3. The fraction of sp³-hybridized carbons (Fsp3) is 0.412. The Morgan fingerprint density at radius 1 is 1.14 bits per heavy atom. The van der Waals surface area contributed by atoms with Crippen molar-refractivity contribution in [3.05, 3.63) is 53.5 Å². The van der Waals surface area contributed by atoms with Crippen LogP contribution in [-0.4, -0.2) is 7.05 Å². The minimum atomic E-state index is -1.14. The molecular weight excluding hydrogens is 320 g/mol. The second-order valence-electron chi connectivity index (χ2n) is 6.50. The molecule has 114 valence electrons. The van der Waals surface area contributed by atoms with Gasteiger partial charge in [-0.25, -0.2) is 0 Å². The first-order chi connectivity index (χ1) is 9.80. The molecule has 0 N–H and O–H groups in total. The highest BCUT2D eigenvalue weighted by atomic mass is 35.9. The largest absolute Gasteiger partial charge is 0.347 e. The first-order valence-electron chi connectivity index (χ1n) is 7.12. The number of hydrogen-bond acceptors (Lipinski definition) is 1. The monoisotopic (exact) mass is 341 g/mol. The fourth-order valence-electron chi connectivity index (χ4n) is 2.55. The van der Waals surface area contributed by atoms with Gasteiger partial charge in [0.25, 0.3) is 0 Å². The Morgan fingerprint density at radius 3 is 2.29 bits per heavy atom. The summed E-state index contributed by atoms with van der Waals surface area (Å²) in [5.74, 6) is 0.491. The van der Waals surface area contributed by atoms with Crippen LogP contribution in [0.2, 0.25) is 0 Å². The highest BCUT2D eigenvalue weighted by Gasteiger charge is 2.30. The smallest absolute Gasteiger partial charge is 0.118 e. The Kier molecular flexibility index (Phi) is 5.41. The van der Waals surface area contributed by atoms with Crippen molar-refractivity contribution in [1.29, 1.82) is 0 Å². The Balaban J connectivity index is 2.37. The number of nitrogens with zero attached hydrogens (tertiary/aromatic N) is 1. The summed E-state index contributed by atoms with van der Waals surface area (Å²) in [4.78, 5) is 2.22. The molecule has 0 aromatic heterocycles. The zero-order valence-electron chi connectivity index (χ0n) is 13.0. The Morgan fingerprint density at radius 2 is 1.76 bits per heavy atom. The Bertz CT molecular complexity index is 544. The maximum absolute atomic E-state index is 6.24. The van der Waals surface area contributed by atoms with E-state index in [0.29, 0.717) is 5.92 Å². The fourth-order valence-corrected chi connectivity index (χ4v) is 4.11. The first kappa shape index (κ1) is 16.9. The number of rotatable bonds is 3. The Labute approximate surface area is 139 Å². The average Bonchev–Trinajstić information content (AvgIpc) is 2.45. The summed E-state index contributed by atoms with van der Waals surface area (Å²) in [5.41, 5.74) is 2.63. The minimum Gasteiger partial charge on any atom is -0.347 e. The number of anilines is 1. The molecule has 0 aliphatic heterocycles. The molecule has 0 radical (unpaired) electrons. The zero-order chi connectivity index (χ0) is 15.6. The van der Waals surface area contributed by atoms with Crippen LogP contribution in [0.1, 0.15) is 27.2 Å². The van der Waals surface area contributed by atoms with Crippen molar-refractivity contribution >= 4 is 34.8 Å². The first-order valence-corrected chi connectivity index (χ1v) is 10.3. The van der Waals surface area contributed by atoms with Gasteiger partial charge in [0.2, 0.25) is 0 Å². The van der Waals surface area contributed by atoms with Crippen molar-refractivity contribution < 1.29 is 0 Å². The predicted molar refractivity (Wildman–Crippen MR) is 97.2 cm³/mol. The van der Waals surface area contributed by atoms with Crippen LogP contribution in [0.15, 0.2) is 53.5 Å². The van der Waals surface area contributed by atoms with Crippen molar-refractivity contribution in [2.24, 2.45) is 11.3 Å². The van der Waals surface area contributed by atoms with E-state index in [1.165, 1.54) is 5.70 Å². The third kappa shape index (κ3) is 4.03. The molecule has 1 aromatic carbocycles. The van der Waals surface area contributed by atoms with E-state index in [9.17, 15) is 0 Å². The molecule has 1 nitrogen and oxygen atoms in total. The second kappa shape index (κ2) is 6.73. The van der Waals surface area contributed by atoms with E-state index in [0.717, 1.165) is 17.4 Å². The number of para-hydroxylation sites is 1. The normalized spacial score (nSPS) is 19.3. The van der Waals surface area contributed by atoms with Gasteiger partial charge in [-0.05, 0) is 29.9 Å². The van der Waals surface area contributed by atoms with Crippen molar-refractivity contribution in [1.82, 2.24) is 0 Å². The molecule has 4 heteroatoms. The molecule has 0 amide bonds. The average molecular weight is 342 g/mol. The van der Waals surface area contributed by atoms with Crippen LogP contribution in [0.3, 0.4) is 0 Å². The van der Waals surface area contributed by atoms with Crippen LogP contribution < -0.4 is 4.90 Å². The van der Waals surface area contributed by atoms with Gasteiger partial charge in [-0.3, -0.25) is 0 Å². The summed E-state index contributed by atoms with van der Waals surface area (Å²) >= 11 is 12.5. The summed E-state index contributed by atoms with van der Waals surface area (Å²) < 4.78 is 0.